The number of esters is 1. The Bertz CT molecular complexity index is 1330. The van der Waals surface area contributed by atoms with Crippen LogP contribution in [0.3, 0.4) is 0 Å². The van der Waals surface area contributed by atoms with Crippen molar-refractivity contribution >= 4 is 16.9 Å². The molecule has 32 heavy (non-hydrogen) atoms. The van der Waals surface area contributed by atoms with Crippen molar-refractivity contribution in [2.45, 2.75) is 72.1 Å². The Hall–Kier alpha value is -3.15. The van der Waals surface area contributed by atoms with Gasteiger partial charge in [-0.05, 0) is 69.0 Å². The summed E-state index contributed by atoms with van der Waals surface area (Å²) in [6.45, 7) is 10.7. The molecule has 3 aromatic rings. The molecule has 0 fully saturated rings. The van der Waals surface area contributed by atoms with Crippen molar-refractivity contribution in [2.24, 2.45) is 0 Å². The molecule has 0 N–H and O–H groups in total. The van der Waals surface area contributed by atoms with Crippen LogP contribution >= 0.6 is 0 Å². The van der Waals surface area contributed by atoms with E-state index in [1.165, 1.54) is 5.56 Å². The Morgan fingerprint density at radius 3 is 2.62 bits per heavy atom. The van der Waals surface area contributed by atoms with E-state index in [0.717, 1.165) is 45.6 Å². The summed E-state index contributed by atoms with van der Waals surface area (Å²) < 4.78 is 13.2. The van der Waals surface area contributed by atoms with Crippen molar-refractivity contribution in [3.05, 3.63) is 56.9 Å². The first-order valence-electron chi connectivity index (χ1n) is 11.3. The van der Waals surface area contributed by atoms with Crippen molar-refractivity contribution in [3.63, 3.8) is 0 Å². The van der Waals surface area contributed by atoms with Gasteiger partial charge in [0.1, 0.15) is 18.0 Å². The number of nitrogens with zero attached hydrogens (tertiary/aromatic N) is 2. The number of benzene rings is 1. The lowest BCUT2D eigenvalue weighted by molar-refractivity contribution is -0.148. The highest BCUT2D eigenvalue weighted by Gasteiger charge is 2.34. The number of hydrogen-bond acceptors (Lipinski definition) is 5. The second-order valence-electron chi connectivity index (χ2n) is 9.59. The average molecular weight is 433 g/mol. The Morgan fingerprint density at radius 1 is 1.16 bits per heavy atom. The summed E-state index contributed by atoms with van der Waals surface area (Å²) in [5.74, 6) is 0.158. The van der Waals surface area contributed by atoms with Gasteiger partial charge in [-0.15, -0.1) is 0 Å². The molecule has 2 aliphatic heterocycles. The summed E-state index contributed by atoms with van der Waals surface area (Å²) in [6.07, 6.45) is 1.42. The number of pyridine rings is 2. The van der Waals surface area contributed by atoms with Gasteiger partial charge in [0.15, 0.2) is 0 Å². The molecule has 0 bridgehead atoms. The van der Waals surface area contributed by atoms with Gasteiger partial charge >= 0.3 is 5.97 Å². The Balaban J connectivity index is 1.72. The lowest BCUT2D eigenvalue weighted by Gasteiger charge is -2.24. The molecule has 1 aromatic carbocycles. The SMILES string of the molecule is CCc1c2c(nc3ccc(OC(C)(C)C)cc13)-c1cc3c(c(=O)n1C2)COC(=O)C3CC. The fourth-order valence-corrected chi connectivity index (χ4v) is 4.98. The molecule has 6 heteroatoms. The summed E-state index contributed by atoms with van der Waals surface area (Å²) in [5.41, 5.74) is 5.80. The number of aryl methyl sites for hydroxylation is 1. The molecule has 0 saturated carbocycles. The van der Waals surface area contributed by atoms with Crippen molar-refractivity contribution in [1.29, 1.82) is 0 Å². The minimum Gasteiger partial charge on any atom is -0.488 e. The number of carbonyl (C=O) groups excluding carboxylic acids is 1. The second-order valence-corrected chi connectivity index (χ2v) is 9.59. The predicted octanol–water partition coefficient (Wildman–Crippen LogP) is 4.72. The zero-order chi connectivity index (χ0) is 22.8. The maximum atomic E-state index is 13.4. The fourth-order valence-electron chi connectivity index (χ4n) is 4.98. The first-order chi connectivity index (χ1) is 15.2. The van der Waals surface area contributed by atoms with E-state index in [-0.39, 0.29) is 23.7 Å². The van der Waals surface area contributed by atoms with Gasteiger partial charge in [0.25, 0.3) is 5.56 Å². The molecule has 0 radical (unpaired) electrons. The monoisotopic (exact) mass is 432 g/mol. The number of cyclic esters (lactones) is 1. The molecule has 0 aliphatic carbocycles. The third kappa shape index (κ3) is 3.12. The third-order valence-corrected chi connectivity index (χ3v) is 6.37. The lowest BCUT2D eigenvalue weighted by atomic mass is 9.90. The third-order valence-electron chi connectivity index (χ3n) is 6.37. The standard InChI is InChI=1S/C26H28N2O4/c1-6-15-18-10-14(32-26(3,4)5)8-9-21(18)27-23-19(15)12-28-22(23)11-17-16(7-2)25(30)31-13-20(17)24(28)29/h8-11,16H,6-7,12-13H2,1-5H3. The Labute approximate surface area is 187 Å². The number of hydrogen-bond donors (Lipinski definition) is 0. The summed E-state index contributed by atoms with van der Waals surface area (Å²) in [4.78, 5) is 30.6. The van der Waals surface area contributed by atoms with Gasteiger partial charge in [-0.2, -0.15) is 0 Å². The lowest BCUT2D eigenvalue weighted by Crippen LogP contribution is -2.32. The van der Waals surface area contributed by atoms with E-state index in [1.807, 2.05) is 45.9 Å². The van der Waals surface area contributed by atoms with Crippen LogP contribution in [0, 0.1) is 0 Å². The van der Waals surface area contributed by atoms with Crippen LogP contribution < -0.4 is 10.3 Å². The molecule has 166 valence electrons. The molecule has 5 rings (SSSR count). The van der Waals surface area contributed by atoms with E-state index in [0.29, 0.717) is 18.5 Å². The summed E-state index contributed by atoms with van der Waals surface area (Å²) in [5, 5.41) is 1.06. The first-order valence-corrected chi connectivity index (χ1v) is 11.3. The van der Waals surface area contributed by atoms with Crippen molar-refractivity contribution in [3.8, 4) is 17.1 Å². The molecule has 2 aliphatic rings. The minimum atomic E-state index is -0.399. The Morgan fingerprint density at radius 2 is 1.94 bits per heavy atom. The topological polar surface area (TPSA) is 70.4 Å². The van der Waals surface area contributed by atoms with E-state index in [2.05, 4.69) is 13.0 Å². The largest absolute Gasteiger partial charge is 0.488 e. The predicted molar refractivity (Wildman–Crippen MR) is 123 cm³/mol. The van der Waals surface area contributed by atoms with E-state index in [9.17, 15) is 9.59 Å². The van der Waals surface area contributed by atoms with E-state index < -0.39 is 5.92 Å². The highest BCUT2D eigenvalue weighted by molar-refractivity contribution is 5.89. The van der Waals surface area contributed by atoms with Gasteiger partial charge in [0.2, 0.25) is 0 Å². The van der Waals surface area contributed by atoms with Crippen LogP contribution in [0.2, 0.25) is 0 Å². The van der Waals surface area contributed by atoms with Crippen LogP contribution in [0.1, 0.15) is 69.2 Å². The number of aromatic nitrogens is 2. The van der Waals surface area contributed by atoms with Gasteiger partial charge in [-0.25, -0.2) is 4.98 Å². The van der Waals surface area contributed by atoms with Crippen LogP contribution in [0.5, 0.6) is 5.75 Å². The number of carbonyl (C=O) groups is 1. The van der Waals surface area contributed by atoms with Gasteiger partial charge in [0.05, 0.1) is 34.9 Å². The summed E-state index contributed by atoms with van der Waals surface area (Å²) in [7, 11) is 0. The van der Waals surface area contributed by atoms with Gasteiger partial charge in [-0.1, -0.05) is 13.8 Å². The van der Waals surface area contributed by atoms with E-state index in [1.54, 1.807) is 4.57 Å². The maximum Gasteiger partial charge on any atom is 0.313 e. The van der Waals surface area contributed by atoms with Crippen LogP contribution in [0.4, 0.5) is 0 Å². The van der Waals surface area contributed by atoms with Crippen LogP contribution in [-0.4, -0.2) is 21.1 Å². The number of rotatable bonds is 3. The van der Waals surface area contributed by atoms with Crippen molar-refractivity contribution < 1.29 is 14.3 Å². The fraction of sp³-hybridized carbons (Fsp3) is 0.423. The van der Waals surface area contributed by atoms with Crippen LogP contribution in [-0.2, 0) is 29.1 Å². The maximum absolute atomic E-state index is 13.4. The molecule has 2 aromatic heterocycles. The van der Waals surface area contributed by atoms with E-state index in [4.69, 9.17) is 14.5 Å². The molecule has 4 heterocycles. The zero-order valence-corrected chi connectivity index (χ0v) is 19.2. The highest BCUT2D eigenvalue weighted by atomic mass is 16.5. The molecule has 1 unspecified atom stereocenters. The molecular formula is C26H28N2O4. The normalized spacial score (nSPS) is 17.0. The smallest absolute Gasteiger partial charge is 0.313 e. The highest BCUT2D eigenvalue weighted by Crippen LogP contribution is 2.39. The van der Waals surface area contributed by atoms with Crippen LogP contribution in [0.15, 0.2) is 29.1 Å². The van der Waals surface area contributed by atoms with Gasteiger partial charge < -0.3 is 14.0 Å². The average Bonchev–Trinajstić information content (AvgIpc) is 3.09. The molecular weight excluding hydrogens is 404 g/mol. The second kappa shape index (κ2) is 7.19. The molecule has 6 nitrogen and oxygen atoms in total. The number of ether oxygens (including phenoxy) is 2. The molecule has 0 amide bonds. The van der Waals surface area contributed by atoms with Crippen molar-refractivity contribution in [2.75, 3.05) is 0 Å². The van der Waals surface area contributed by atoms with Gasteiger partial charge in [-0.3, -0.25) is 9.59 Å². The Kier molecular flexibility index (Phi) is 4.66. The van der Waals surface area contributed by atoms with Crippen LogP contribution in [0.25, 0.3) is 22.3 Å². The molecule has 0 saturated heterocycles. The molecule has 0 spiro atoms. The summed E-state index contributed by atoms with van der Waals surface area (Å²) >= 11 is 0. The zero-order valence-electron chi connectivity index (χ0n) is 19.2. The quantitative estimate of drug-likeness (QED) is 0.438. The van der Waals surface area contributed by atoms with E-state index >= 15 is 0 Å². The minimum absolute atomic E-state index is 0.0453. The number of fused-ring (bicyclic) bond motifs is 5. The van der Waals surface area contributed by atoms with Gasteiger partial charge in [0, 0.05) is 10.9 Å². The van der Waals surface area contributed by atoms with Crippen molar-refractivity contribution in [1.82, 2.24) is 9.55 Å². The summed E-state index contributed by atoms with van der Waals surface area (Å²) in [6, 6.07) is 7.99. The molecule has 1 atom stereocenters. The first kappa shape index (κ1) is 20.7.